The molecule has 6 heteroatoms. The Kier molecular flexibility index (Phi) is 4.31. The van der Waals surface area contributed by atoms with E-state index in [1.54, 1.807) is 6.20 Å². The van der Waals surface area contributed by atoms with Crippen LogP contribution in [-0.4, -0.2) is 16.0 Å². The summed E-state index contributed by atoms with van der Waals surface area (Å²) in [4.78, 5) is 7.26. The van der Waals surface area contributed by atoms with Crippen molar-refractivity contribution >= 4 is 15.9 Å². The lowest BCUT2D eigenvalue weighted by atomic mass is 10.2. The summed E-state index contributed by atoms with van der Waals surface area (Å²) in [6.45, 7) is 4.73. The summed E-state index contributed by atoms with van der Waals surface area (Å²) in [5, 5.41) is 3.24. The molecular formula is C13H14BrF2N3. The second kappa shape index (κ2) is 5.79. The van der Waals surface area contributed by atoms with Crippen LogP contribution in [0.25, 0.3) is 11.4 Å². The van der Waals surface area contributed by atoms with Crippen molar-refractivity contribution in [1.82, 2.24) is 15.3 Å². The van der Waals surface area contributed by atoms with Gasteiger partial charge in [-0.25, -0.2) is 13.8 Å². The molecule has 19 heavy (non-hydrogen) atoms. The van der Waals surface area contributed by atoms with Crippen molar-refractivity contribution in [2.24, 2.45) is 0 Å². The lowest BCUT2D eigenvalue weighted by Gasteiger charge is -2.06. The zero-order chi connectivity index (χ0) is 14.0. The van der Waals surface area contributed by atoms with Crippen molar-refractivity contribution in [3.63, 3.8) is 0 Å². The third kappa shape index (κ3) is 3.19. The van der Waals surface area contributed by atoms with Crippen LogP contribution in [0, 0.1) is 11.6 Å². The van der Waals surface area contributed by atoms with Crippen molar-refractivity contribution < 1.29 is 8.78 Å². The average molecular weight is 330 g/mol. The van der Waals surface area contributed by atoms with Gasteiger partial charge in [0.25, 0.3) is 0 Å². The smallest absolute Gasteiger partial charge is 0.173 e. The van der Waals surface area contributed by atoms with E-state index in [2.05, 4.69) is 31.2 Å². The Morgan fingerprint density at radius 2 is 2.11 bits per heavy atom. The highest BCUT2D eigenvalue weighted by atomic mass is 79.9. The Morgan fingerprint density at radius 1 is 1.37 bits per heavy atom. The fourth-order valence-electron chi connectivity index (χ4n) is 1.61. The molecule has 1 aromatic heterocycles. The highest BCUT2D eigenvalue weighted by Gasteiger charge is 2.14. The molecule has 0 amide bonds. The van der Waals surface area contributed by atoms with Gasteiger partial charge in [-0.05, 0) is 28.1 Å². The molecule has 1 heterocycles. The van der Waals surface area contributed by atoms with Gasteiger partial charge < -0.3 is 10.3 Å². The van der Waals surface area contributed by atoms with E-state index >= 15 is 0 Å². The van der Waals surface area contributed by atoms with Crippen LogP contribution in [0.1, 0.15) is 19.5 Å². The number of nitrogens with one attached hydrogen (secondary N) is 2. The summed E-state index contributed by atoms with van der Waals surface area (Å²) >= 11 is 3.05. The third-order valence-corrected chi connectivity index (χ3v) is 3.39. The zero-order valence-electron chi connectivity index (χ0n) is 10.6. The minimum Gasteiger partial charge on any atom is -0.341 e. The highest BCUT2D eigenvalue weighted by molar-refractivity contribution is 9.10. The van der Waals surface area contributed by atoms with Crippen LogP contribution in [0.5, 0.6) is 0 Å². The molecule has 2 N–H and O–H groups in total. The zero-order valence-corrected chi connectivity index (χ0v) is 12.2. The van der Waals surface area contributed by atoms with Crippen molar-refractivity contribution in [3.05, 3.63) is 40.1 Å². The molecule has 2 aromatic rings. The van der Waals surface area contributed by atoms with Gasteiger partial charge in [-0.3, -0.25) is 0 Å². The normalized spacial score (nSPS) is 11.3. The molecule has 0 fully saturated rings. The molecule has 3 nitrogen and oxygen atoms in total. The Morgan fingerprint density at radius 3 is 2.79 bits per heavy atom. The van der Waals surface area contributed by atoms with Crippen LogP contribution in [0.4, 0.5) is 8.78 Å². The van der Waals surface area contributed by atoms with E-state index in [-0.39, 0.29) is 4.47 Å². The fraction of sp³-hybridized carbons (Fsp3) is 0.308. The first-order chi connectivity index (χ1) is 8.99. The topological polar surface area (TPSA) is 40.7 Å². The number of hydrogen-bond donors (Lipinski definition) is 2. The minimum absolute atomic E-state index is 0.0743. The van der Waals surface area contributed by atoms with E-state index in [0.29, 0.717) is 24.0 Å². The van der Waals surface area contributed by atoms with Crippen LogP contribution in [0.3, 0.4) is 0 Å². The average Bonchev–Trinajstić information content (AvgIpc) is 2.82. The van der Waals surface area contributed by atoms with E-state index in [1.807, 2.05) is 13.8 Å². The van der Waals surface area contributed by atoms with Crippen LogP contribution < -0.4 is 5.32 Å². The standard InChI is InChI=1S/C13H14BrF2N3/c1-7(2)17-5-8-6-18-13(19-8)9-3-4-10(15)12(16)11(9)14/h3-4,6-7,17H,5H2,1-2H3,(H,18,19). The SMILES string of the molecule is CC(C)NCc1cnc(-c2ccc(F)c(F)c2Br)[nH]1. The number of rotatable bonds is 4. The predicted octanol–water partition coefficient (Wildman–Crippen LogP) is 3.62. The Labute approximate surface area is 118 Å². The summed E-state index contributed by atoms with van der Waals surface area (Å²) in [5.74, 6) is -1.29. The van der Waals surface area contributed by atoms with E-state index in [1.165, 1.54) is 6.07 Å². The summed E-state index contributed by atoms with van der Waals surface area (Å²) < 4.78 is 26.6. The van der Waals surface area contributed by atoms with Gasteiger partial charge in [0, 0.05) is 30.0 Å². The minimum atomic E-state index is -0.907. The number of nitrogens with zero attached hydrogens (tertiary/aromatic N) is 1. The number of aromatic nitrogens is 2. The summed E-state index contributed by atoms with van der Waals surface area (Å²) in [5.41, 5.74) is 1.38. The van der Waals surface area contributed by atoms with E-state index in [4.69, 9.17) is 0 Å². The monoisotopic (exact) mass is 329 g/mol. The van der Waals surface area contributed by atoms with E-state index < -0.39 is 11.6 Å². The predicted molar refractivity (Wildman–Crippen MR) is 73.6 cm³/mol. The highest BCUT2D eigenvalue weighted by Crippen LogP contribution is 2.29. The van der Waals surface area contributed by atoms with Crippen molar-refractivity contribution in [2.45, 2.75) is 26.4 Å². The van der Waals surface area contributed by atoms with Crippen LogP contribution in [-0.2, 0) is 6.54 Å². The maximum absolute atomic E-state index is 13.5. The molecule has 102 valence electrons. The van der Waals surface area contributed by atoms with Crippen LogP contribution in [0.2, 0.25) is 0 Å². The molecule has 0 bridgehead atoms. The van der Waals surface area contributed by atoms with Crippen LogP contribution in [0.15, 0.2) is 22.8 Å². The van der Waals surface area contributed by atoms with Crippen molar-refractivity contribution in [3.8, 4) is 11.4 Å². The summed E-state index contributed by atoms with van der Waals surface area (Å²) in [6, 6.07) is 2.94. The van der Waals surface area contributed by atoms with E-state index in [9.17, 15) is 8.78 Å². The molecule has 2 rings (SSSR count). The molecule has 0 atom stereocenters. The van der Waals surface area contributed by atoms with Gasteiger partial charge in [0.05, 0.1) is 4.47 Å². The number of aromatic amines is 1. The lowest BCUT2D eigenvalue weighted by Crippen LogP contribution is -2.21. The Bertz CT molecular complexity index is 581. The first kappa shape index (κ1) is 14.1. The molecule has 0 saturated heterocycles. The van der Waals surface area contributed by atoms with Gasteiger partial charge in [-0.15, -0.1) is 0 Å². The molecule has 0 spiro atoms. The number of halogens is 3. The van der Waals surface area contributed by atoms with Crippen molar-refractivity contribution in [2.75, 3.05) is 0 Å². The Balaban J connectivity index is 2.26. The van der Waals surface area contributed by atoms with Gasteiger partial charge in [-0.2, -0.15) is 0 Å². The molecule has 0 unspecified atom stereocenters. The fourth-order valence-corrected chi connectivity index (χ4v) is 2.12. The first-order valence-electron chi connectivity index (χ1n) is 5.90. The summed E-state index contributed by atoms with van der Waals surface area (Å²) in [6.07, 6.45) is 1.68. The van der Waals surface area contributed by atoms with Gasteiger partial charge >= 0.3 is 0 Å². The quantitative estimate of drug-likeness (QED) is 0.841. The Hall–Kier alpha value is -1.27. The second-order valence-corrected chi connectivity index (χ2v) is 5.31. The molecule has 1 aromatic carbocycles. The molecule has 0 aliphatic carbocycles. The third-order valence-electron chi connectivity index (χ3n) is 2.62. The number of hydrogen-bond acceptors (Lipinski definition) is 2. The molecular weight excluding hydrogens is 316 g/mol. The van der Waals surface area contributed by atoms with Gasteiger partial charge in [0.15, 0.2) is 11.6 Å². The largest absolute Gasteiger partial charge is 0.341 e. The lowest BCUT2D eigenvalue weighted by molar-refractivity contribution is 0.504. The molecule has 0 aliphatic heterocycles. The van der Waals surface area contributed by atoms with Gasteiger partial charge in [0.1, 0.15) is 5.82 Å². The molecule has 0 saturated carbocycles. The van der Waals surface area contributed by atoms with Crippen molar-refractivity contribution in [1.29, 1.82) is 0 Å². The maximum Gasteiger partial charge on any atom is 0.173 e. The molecule has 0 radical (unpaired) electrons. The molecule has 0 aliphatic rings. The first-order valence-corrected chi connectivity index (χ1v) is 6.69. The van der Waals surface area contributed by atoms with Gasteiger partial charge in [-0.1, -0.05) is 13.8 Å². The van der Waals surface area contributed by atoms with Gasteiger partial charge in [0.2, 0.25) is 0 Å². The summed E-state index contributed by atoms with van der Waals surface area (Å²) in [7, 11) is 0. The maximum atomic E-state index is 13.5. The number of imidazole rings is 1. The number of H-pyrrole nitrogens is 1. The second-order valence-electron chi connectivity index (χ2n) is 4.52. The number of benzene rings is 1. The van der Waals surface area contributed by atoms with Crippen LogP contribution >= 0.6 is 15.9 Å². The van der Waals surface area contributed by atoms with E-state index in [0.717, 1.165) is 11.8 Å².